The first-order valence-corrected chi connectivity index (χ1v) is 22.8. The van der Waals surface area contributed by atoms with E-state index in [4.69, 9.17) is 0 Å². The molecule has 316 valence electrons. The number of fused-ring (bicyclic) bond motifs is 3. The van der Waals surface area contributed by atoms with Crippen molar-refractivity contribution in [1.29, 1.82) is 0 Å². The van der Waals surface area contributed by atoms with E-state index in [0.717, 1.165) is 51.2 Å². The summed E-state index contributed by atoms with van der Waals surface area (Å²) in [6, 6.07) is 93.9. The second kappa shape index (κ2) is 17.3. The smallest absolute Gasteiger partial charge is 0.0465 e. The predicted octanol–water partition coefficient (Wildman–Crippen LogP) is 17.7. The molecule has 0 fully saturated rings. The highest BCUT2D eigenvalue weighted by molar-refractivity contribution is 5.87. The Kier molecular flexibility index (Phi) is 10.6. The van der Waals surface area contributed by atoms with Gasteiger partial charge in [-0.3, -0.25) is 0 Å². The second-order valence-corrected chi connectivity index (χ2v) is 17.4. The van der Waals surface area contributed by atoms with Gasteiger partial charge in [-0.05, 0) is 154 Å². The largest absolute Gasteiger partial charge is 0.311 e. The minimum Gasteiger partial charge on any atom is -0.311 e. The Labute approximate surface area is 388 Å². The maximum Gasteiger partial charge on any atom is 0.0465 e. The molecule has 0 saturated carbocycles. The van der Waals surface area contributed by atoms with Gasteiger partial charge in [-0.2, -0.15) is 0 Å². The van der Waals surface area contributed by atoms with Crippen molar-refractivity contribution in [2.45, 2.75) is 19.3 Å². The number of hydrogen-bond acceptors (Lipinski definition) is 3. The molecule has 0 amide bonds. The minimum absolute atomic E-state index is 0.118. The summed E-state index contributed by atoms with van der Waals surface area (Å²) in [4.78, 5) is 6.99. The van der Waals surface area contributed by atoms with Gasteiger partial charge >= 0.3 is 0 Å². The summed E-state index contributed by atoms with van der Waals surface area (Å²) < 4.78 is 0. The first-order valence-electron chi connectivity index (χ1n) is 22.8. The zero-order chi connectivity index (χ0) is 44.5. The highest BCUT2D eigenvalue weighted by Gasteiger charge is 2.35. The Hall–Kier alpha value is -8.40. The molecule has 0 saturated heterocycles. The van der Waals surface area contributed by atoms with E-state index < -0.39 is 0 Å². The van der Waals surface area contributed by atoms with Crippen LogP contribution in [0.4, 0.5) is 51.2 Å². The molecule has 0 aromatic heterocycles. The average Bonchev–Trinajstić information content (AvgIpc) is 3.61. The van der Waals surface area contributed by atoms with E-state index in [1.54, 1.807) is 0 Å². The predicted molar refractivity (Wildman–Crippen MR) is 279 cm³/mol. The molecule has 0 atom stereocenters. The molecule has 1 aliphatic carbocycles. The lowest BCUT2D eigenvalue weighted by atomic mass is 9.82. The maximum absolute atomic E-state index is 2.41. The van der Waals surface area contributed by atoms with Crippen molar-refractivity contribution in [3.05, 3.63) is 272 Å². The van der Waals surface area contributed by atoms with E-state index in [9.17, 15) is 0 Å². The highest BCUT2D eigenvalue weighted by Crippen LogP contribution is 2.51. The van der Waals surface area contributed by atoms with E-state index >= 15 is 0 Å². The normalized spacial score (nSPS) is 12.2. The summed E-state index contributed by atoms with van der Waals surface area (Å²) in [6.07, 6.45) is 0. The average molecular weight is 848 g/mol. The summed E-state index contributed by atoms with van der Waals surface area (Å²) >= 11 is 0. The summed E-state index contributed by atoms with van der Waals surface area (Å²) in [7, 11) is 0. The molecule has 0 aliphatic heterocycles. The zero-order valence-corrected chi connectivity index (χ0v) is 37.2. The van der Waals surface area contributed by atoms with Crippen LogP contribution in [0.1, 0.15) is 25.0 Å². The SMILES string of the molecule is CC1(C)c2ccccc2-c2ccc(N(c3ccc(-c4ccc(N(c5ccccc5)c5ccccc5)cc4)cc3)c3ccc(-c4ccc(N(c5ccccc5)c5ccccc5)cc4)cc3)cc21. The third kappa shape index (κ3) is 7.61. The van der Waals surface area contributed by atoms with Crippen LogP contribution in [0.2, 0.25) is 0 Å². The molecule has 0 unspecified atom stereocenters. The Balaban J connectivity index is 0.924. The van der Waals surface area contributed by atoms with Crippen molar-refractivity contribution in [2.75, 3.05) is 14.7 Å². The number of anilines is 9. The van der Waals surface area contributed by atoms with Gasteiger partial charge in [0, 0.05) is 56.6 Å². The van der Waals surface area contributed by atoms with Crippen molar-refractivity contribution in [3.63, 3.8) is 0 Å². The van der Waals surface area contributed by atoms with Crippen molar-refractivity contribution in [2.24, 2.45) is 0 Å². The molecule has 66 heavy (non-hydrogen) atoms. The van der Waals surface area contributed by atoms with Crippen LogP contribution in [-0.2, 0) is 5.41 Å². The van der Waals surface area contributed by atoms with Gasteiger partial charge in [0.15, 0.2) is 0 Å². The number of hydrogen-bond donors (Lipinski definition) is 0. The van der Waals surface area contributed by atoms with Crippen molar-refractivity contribution < 1.29 is 0 Å². The van der Waals surface area contributed by atoms with Crippen LogP contribution in [0.15, 0.2) is 261 Å². The number of benzene rings is 10. The quantitative estimate of drug-likeness (QED) is 0.128. The molecule has 0 N–H and O–H groups in total. The third-order valence-electron chi connectivity index (χ3n) is 13.1. The zero-order valence-electron chi connectivity index (χ0n) is 37.2. The van der Waals surface area contributed by atoms with Gasteiger partial charge < -0.3 is 14.7 Å². The topological polar surface area (TPSA) is 9.72 Å². The Morgan fingerprint density at radius 1 is 0.227 bits per heavy atom. The van der Waals surface area contributed by atoms with Crippen molar-refractivity contribution in [3.8, 4) is 33.4 Å². The molecule has 0 heterocycles. The fourth-order valence-electron chi connectivity index (χ4n) is 9.69. The Bertz CT molecular complexity index is 2970. The summed E-state index contributed by atoms with van der Waals surface area (Å²) in [5, 5.41) is 0. The Morgan fingerprint density at radius 3 is 0.833 bits per heavy atom. The molecule has 10 aromatic rings. The lowest BCUT2D eigenvalue weighted by Gasteiger charge is -2.28. The molecule has 1 aliphatic rings. The van der Waals surface area contributed by atoms with Crippen LogP contribution in [0.25, 0.3) is 33.4 Å². The van der Waals surface area contributed by atoms with E-state index in [2.05, 4.69) is 289 Å². The highest BCUT2D eigenvalue weighted by atomic mass is 15.2. The van der Waals surface area contributed by atoms with Gasteiger partial charge in [-0.25, -0.2) is 0 Å². The number of nitrogens with zero attached hydrogens (tertiary/aromatic N) is 3. The van der Waals surface area contributed by atoms with Crippen molar-refractivity contribution >= 4 is 51.2 Å². The molecule has 3 nitrogen and oxygen atoms in total. The molecule has 0 spiro atoms. The van der Waals surface area contributed by atoms with Crippen LogP contribution in [0.5, 0.6) is 0 Å². The molecule has 11 rings (SSSR count). The maximum atomic E-state index is 2.41. The van der Waals surface area contributed by atoms with Gasteiger partial charge in [0.1, 0.15) is 0 Å². The Morgan fingerprint density at radius 2 is 0.485 bits per heavy atom. The molecule has 0 radical (unpaired) electrons. The number of para-hydroxylation sites is 4. The lowest BCUT2D eigenvalue weighted by molar-refractivity contribution is 0.660. The molecular formula is C63H49N3. The van der Waals surface area contributed by atoms with Crippen LogP contribution < -0.4 is 14.7 Å². The molecule has 0 bridgehead atoms. The van der Waals surface area contributed by atoms with Crippen molar-refractivity contribution in [1.82, 2.24) is 0 Å². The lowest BCUT2D eigenvalue weighted by Crippen LogP contribution is -2.16. The van der Waals surface area contributed by atoms with Crippen LogP contribution in [-0.4, -0.2) is 0 Å². The van der Waals surface area contributed by atoms with E-state index in [0.29, 0.717) is 0 Å². The summed E-state index contributed by atoms with van der Waals surface area (Å²) in [5.74, 6) is 0. The summed E-state index contributed by atoms with van der Waals surface area (Å²) in [5.41, 5.74) is 20.0. The third-order valence-corrected chi connectivity index (χ3v) is 13.1. The van der Waals surface area contributed by atoms with Gasteiger partial charge in [0.2, 0.25) is 0 Å². The molecular weight excluding hydrogens is 799 g/mol. The minimum atomic E-state index is -0.118. The first-order chi connectivity index (χ1) is 32.5. The van der Waals surface area contributed by atoms with E-state index in [1.807, 2.05) is 0 Å². The molecule has 10 aromatic carbocycles. The standard InChI is InChI=1S/C63H49N3/c1-63(2)61-26-16-15-25-59(61)60-44-43-58(45-62(60)63)66(56-39-31-48(32-40-56)46-27-35-54(36-28-46)64(50-17-7-3-8-18-50)51-19-9-4-10-20-51)57-41-33-49(34-42-57)47-29-37-55(38-30-47)65(52-21-11-5-12-22-52)53-23-13-6-14-24-53/h3-45H,1-2H3. The fraction of sp³-hybridized carbons (Fsp3) is 0.0476. The van der Waals surface area contributed by atoms with Crippen LogP contribution >= 0.6 is 0 Å². The monoisotopic (exact) mass is 847 g/mol. The number of rotatable bonds is 11. The van der Waals surface area contributed by atoms with Gasteiger partial charge in [-0.1, -0.05) is 166 Å². The van der Waals surface area contributed by atoms with Crippen LogP contribution in [0, 0.1) is 0 Å². The van der Waals surface area contributed by atoms with Crippen LogP contribution in [0.3, 0.4) is 0 Å². The van der Waals surface area contributed by atoms with E-state index in [-0.39, 0.29) is 5.41 Å². The first kappa shape index (κ1) is 40.4. The van der Waals surface area contributed by atoms with Gasteiger partial charge in [0.25, 0.3) is 0 Å². The van der Waals surface area contributed by atoms with Gasteiger partial charge in [-0.15, -0.1) is 0 Å². The molecule has 3 heteroatoms. The second-order valence-electron chi connectivity index (χ2n) is 17.4. The summed E-state index contributed by atoms with van der Waals surface area (Å²) in [6.45, 7) is 4.70. The van der Waals surface area contributed by atoms with E-state index in [1.165, 1.54) is 44.5 Å². The van der Waals surface area contributed by atoms with Gasteiger partial charge in [0.05, 0.1) is 0 Å². The fourth-order valence-corrected chi connectivity index (χ4v) is 9.69.